The molecule has 0 spiro atoms. The third-order valence-electron chi connectivity index (χ3n) is 2.46. The maximum absolute atomic E-state index is 12.1. The van der Waals surface area contributed by atoms with E-state index in [9.17, 15) is 9.59 Å². The van der Waals surface area contributed by atoms with Gasteiger partial charge in [0.15, 0.2) is 0 Å². The first-order chi connectivity index (χ1) is 9.08. The van der Waals surface area contributed by atoms with Crippen molar-refractivity contribution in [2.45, 2.75) is 12.8 Å². The van der Waals surface area contributed by atoms with Gasteiger partial charge in [-0.1, -0.05) is 30.0 Å². The second-order valence-electron chi connectivity index (χ2n) is 3.85. The summed E-state index contributed by atoms with van der Waals surface area (Å²) in [6.45, 7) is 0.360. The van der Waals surface area contributed by atoms with Crippen molar-refractivity contribution in [2.75, 3.05) is 6.54 Å². The Morgan fingerprint density at radius 3 is 2.95 bits per heavy atom. The van der Waals surface area contributed by atoms with E-state index < -0.39 is 5.97 Å². The van der Waals surface area contributed by atoms with Crippen LogP contribution in [0.1, 0.15) is 17.7 Å². The molecule has 0 bridgehead atoms. The van der Waals surface area contributed by atoms with Gasteiger partial charge in [0, 0.05) is 17.8 Å². The summed E-state index contributed by atoms with van der Waals surface area (Å²) in [5.41, 5.74) is 0. The van der Waals surface area contributed by atoms with Crippen molar-refractivity contribution in [3.63, 3.8) is 0 Å². The van der Waals surface area contributed by atoms with Gasteiger partial charge in [-0.25, -0.2) is 0 Å². The molecule has 0 aliphatic carbocycles. The van der Waals surface area contributed by atoms with Crippen LogP contribution in [0.15, 0.2) is 22.4 Å². The fourth-order valence-electron chi connectivity index (χ4n) is 1.58. The number of hydrogen-bond donors (Lipinski definition) is 1. The number of aliphatic carboxylic acids is 1. The van der Waals surface area contributed by atoms with Crippen molar-refractivity contribution in [3.05, 3.63) is 27.3 Å². The van der Waals surface area contributed by atoms with Crippen LogP contribution in [0.3, 0.4) is 0 Å². The van der Waals surface area contributed by atoms with Gasteiger partial charge < -0.3 is 5.11 Å². The zero-order chi connectivity index (χ0) is 13.8. The number of carboxylic acid groups (broad SMARTS) is 1. The van der Waals surface area contributed by atoms with Gasteiger partial charge in [0.25, 0.3) is 5.91 Å². The van der Waals surface area contributed by atoms with E-state index in [-0.39, 0.29) is 12.3 Å². The Morgan fingerprint density at radius 1 is 1.53 bits per heavy atom. The largest absolute Gasteiger partial charge is 0.481 e. The zero-order valence-corrected chi connectivity index (χ0v) is 12.3. The molecule has 2 heterocycles. The summed E-state index contributed by atoms with van der Waals surface area (Å²) < 4.78 is 0.498. The highest BCUT2D eigenvalue weighted by molar-refractivity contribution is 8.26. The van der Waals surface area contributed by atoms with Crippen LogP contribution in [0, 0.1) is 0 Å². The third kappa shape index (κ3) is 3.65. The summed E-state index contributed by atoms with van der Waals surface area (Å²) >= 11 is 7.97. The molecule has 1 aromatic heterocycles. The Morgan fingerprint density at radius 2 is 2.32 bits per heavy atom. The summed E-state index contributed by atoms with van der Waals surface area (Å²) in [6.07, 6.45) is 2.27. The average Bonchev–Trinajstić information content (AvgIpc) is 2.93. The fraction of sp³-hybridized carbons (Fsp3) is 0.250. The Bertz CT molecular complexity index is 536. The molecule has 1 N–H and O–H groups in total. The molecule has 1 saturated heterocycles. The van der Waals surface area contributed by atoms with Gasteiger partial charge in [-0.05, 0) is 23.9 Å². The predicted molar refractivity (Wildman–Crippen MR) is 81.1 cm³/mol. The second-order valence-corrected chi connectivity index (χ2v) is 6.50. The van der Waals surface area contributed by atoms with Gasteiger partial charge in [0.05, 0.1) is 4.91 Å². The molecule has 2 rings (SSSR count). The number of carbonyl (C=O) groups is 2. The van der Waals surface area contributed by atoms with Gasteiger partial charge in [-0.15, -0.1) is 11.3 Å². The van der Waals surface area contributed by atoms with Crippen LogP contribution < -0.4 is 0 Å². The smallest absolute Gasteiger partial charge is 0.303 e. The monoisotopic (exact) mass is 313 g/mol. The number of amides is 1. The third-order valence-corrected chi connectivity index (χ3v) is 4.66. The highest BCUT2D eigenvalue weighted by Crippen LogP contribution is 2.33. The van der Waals surface area contributed by atoms with Gasteiger partial charge in [-0.3, -0.25) is 14.5 Å². The van der Waals surface area contributed by atoms with Crippen LogP contribution >= 0.6 is 35.3 Å². The lowest BCUT2D eigenvalue weighted by Gasteiger charge is -2.13. The Hall–Kier alpha value is -1.18. The average molecular weight is 313 g/mol. The lowest BCUT2D eigenvalue weighted by atomic mass is 10.3. The second kappa shape index (κ2) is 6.31. The fourth-order valence-corrected chi connectivity index (χ4v) is 3.62. The van der Waals surface area contributed by atoms with E-state index in [4.69, 9.17) is 17.3 Å². The summed E-state index contributed by atoms with van der Waals surface area (Å²) in [6, 6.07) is 3.85. The Kier molecular flexibility index (Phi) is 4.73. The molecule has 0 aromatic carbocycles. The first-order valence-electron chi connectivity index (χ1n) is 5.58. The van der Waals surface area contributed by atoms with Gasteiger partial charge in [0.1, 0.15) is 4.32 Å². The van der Waals surface area contributed by atoms with Crippen LogP contribution in [0.4, 0.5) is 0 Å². The van der Waals surface area contributed by atoms with E-state index in [2.05, 4.69) is 0 Å². The molecule has 0 saturated carbocycles. The Balaban J connectivity index is 2.02. The minimum absolute atomic E-state index is 0.0427. The minimum Gasteiger partial charge on any atom is -0.481 e. The predicted octanol–water partition coefficient (Wildman–Crippen LogP) is 2.81. The molecule has 1 fully saturated rings. The highest BCUT2D eigenvalue weighted by Gasteiger charge is 2.31. The summed E-state index contributed by atoms with van der Waals surface area (Å²) in [4.78, 5) is 25.7. The molecule has 1 amide bonds. The van der Waals surface area contributed by atoms with Crippen LogP contribution in [0.2, 0.25) is 0 Å². The first-order valence-corrected chi connectivity index (χ1v) is 7.69. The quantitative estimate of drug-likeness (QED) is 0.669. The van der Waals surface area contributed by atoms with Crippen molar-refractivity contribution in [2.24, 2.45) is 0 Å². The molecule has 100 valence electrons. The standard InChI is InChI=1S/C12H11NO3S3/c14-10(15)4-1-5-13-11(16)9(19-12(13)17)7-8-3-2-6-18-8/h2-3,6-7H,1,4-5H2,(H,14,15)/b9-7+. The van der Waals surface area contributed by atoms with E-state index in [0.717, 1.165) is 4.88 Å². The molecule has 4 nitrogen and oxygen atoms in total. The van der Waals surface area contributed by atoms with Crippen molar-refractivity contribution in [1.29, 1.82) is 0 Å². The SMILES string of the molecule is O=C(O)CCCN1C(=O)/C(=C\c2cccs2)SC1=S. The summed E-state index contributed by atoms with van der Waals surface area (Å²) in [7, 11) is 0. The molecule has 7 heteroatoms. The lowest BCUT2D eigenvalue weighted by Crippen LogP contribution is -2.29. The molecule has 19 heavy (non-hydrogen) atoms. The number of carbonyl (C=O) groups excluding carboxylic acids is 1. The summed E-state index contributed by atoms with van der Waals surface area (Å²) in [5.74, 6) is -0.992. The molecule has 1 aliphatic heterocycles. The van der Waals surface area contributed by atoms with Crippen LogP contribution in [-0.2, 0) is 9.59 Å². The number of thioether (sulfide) groups is 1. The van der Waals surface area contributed by atoms with E-state index in [1.54, 1.807) is 11.3 Å². The van der Waals surface area contributed by atoms with Gasteiger partial charge in [-0.2, -0.15) is 0 Å². The van der Waals surface area contributed by atoms with Gasteiger partial charge in [0.2, 0.25) is 0 Å². The minimum atomic E-state index is -0.862. The molecule has 0 atom stereocenters. The summed E-state index contributed by atoms with van der Waals surface area (Å²) in [5, 5.41) is 10.5. The number of rotatable bonds is 5. The van der Waals surface area contributed by atoms with E-state index in [1.165, 1.54) is 16.7 Å². The maximum atomic E-state index is 12.1. The van der Waals surface area contributed by atoms with Crippen LogP contribution in [-0.4, -0.2) is 32.7 Å². The van der Waals surface area contributed by atoms with Crippen molar-refractivity contribution in [1.82, 2.24) is 4.90 Å². The maximum Gasteiger partial charge on any atom is 0.303 e. The number of nitrogens with zero attached hydrogens (tertiary/aromatic N) is 1. The number of thiocarbonyl (C=S) groups is 1. The van der Waals surface area contributed by atoms with E-state index >= 15 is 0 Å². The number of thiophene rings is 1. The normalized spacial score (nSPS) is 17.5. The molecular formula is C12H11NO3S3. The molecular weight excluding hydrogens is 302 g/mol. The number of carboxylic acids is 1. The van der Waals surface area contributed by atoms with Crippen molar-refractivity contribution < 1.29 is 14.7 Å². The van der Waals surface area contributed by atoms with Crippen molar-refractivity contribution in [3.8, 4) is 0 Å². The number of hydrogen-bond acceptors (Lipinski definition) is 5. The first kappa shape index (κ1) is 14.2. The van der Waals surface area contributed by atoms with Crippen molar-refractivity contribution >= 4 is 57.6 Å². The van der Waals surface area contributed by atoms with Crippen LogP contribution in [0.5, 0.6) is 0 Å². The highest BCUT2D eigenvalue weighted by atomic mass is 32.2. The Labute approximate surface area is 124 Å². The topological polar surface area (TPSA) is 57.6 Å². The van der Waals surface area contributed by atoms with Crippen LogP contribution in [0.25, 0.3) is 6.08 Å². The molecule has 0 unspecified atom stereocenters. The van der Waals surface area contributed by atoms with E-state index in [1.807, 2.05) is 23.6 Å². The lowest BCUT2D eigenvalue weighted by molar-refractivity contribution is -0.137. The molecule has 0 radical (unpaired) electrons. The zero-order valence-electron chi connectivity index (χ0n) is 9.87. The van der Waals surface area contributed by atoms with Gasteiger partial charge >= 0.3 is 5.97 Å². The molecule has 1 aliphatic rings. The van der Waals surface area contributed by atoms with E-state index in [0.29, 0.717) is 22.2 Å². The molecule has 1 aromatic rings.